The summed E-state index contributed by atoms with van der Waals surface area (Å²) in [6, 6.07) is 8.81. The highest BCUT2D eigenvalue weighted by molar-refractivity contribution is 5.81. The number of hydrogen-bond acceptors (Lipinski definition) is 5. The first-order valence-electron chi connectivity index (χ1n) is 8.84. The van der Waals surface area contributed by atoms with E-state index in [4.69, 9.17) is 9.47 Å². The van der Waals surface area contributed by atoms with Crippen LogP contribution >= 0.6 is 0 Å². The summed E-state index contributed by atoms with van der Waals surface area (Å²) >= 11 is 0. The van der Waals surface area contributed by atoms with E-state index in [-0.39, 0.29) is 6.61 Å². The van der Waals surface area contributed by atoms with Crippen molar-refractivity contribution in [2.24, 2.45) is 0 Å². The highest BCUT2D eigenvalue weighted by Gasteiger charge is 2.21. The summed E-state index contributed by atoms with van der Waals surface area (Å²) in [6.45, 7) is 10.9. The average molecular weight is 373 g/mol. The van der Waals surface area contributed by atoms with Gasteiger partial charge >= 0.3 is 12.1 Å². The van der Waals surface area contributed by atoms with E-state index < -0.39 is 23.7 Å². The van der Waals surface area contributed by atoms with Crippen LogP contribution in [0, 0.1) is 13.8 Å². The minimum atomic E-state index is -0.797. The number of nitrogens with zero attached hydrogens (tertiary/aromatic N) is 2. The molecule has 1 heterocycles. The maximum Gasteiger partial charge on any atom is 0.408 e. The number of alkyl carbamates (subject to hydrolysis) is 1. The number of benzene rings is 1. The molecule has 0 aliphatic carbocycles. The summed E-state index contributed by atoms with van der Waals surface area (Å²) < 4.78 is 12.2. The summed E-state index contributed by atoms with van der Waals surface area (Å²) in [5.74, 6) is -0.525. The maximum absolute atomic E-state index is 12.0. The topological polar surface area (TPSA) is 82.5 Å². The molecule has 2 rings (SSSR count). The van der Waals surface area contributed by atoms with Crippen LogP contribution < -0.4 is 5.32 Å². The van der Waals surface area contributed by atoms with Gasteiger partial charge in [-0.2, -0.15) is 5.10 Å². The Morgan fingerprint density at radius 3 is 2.33 bits per heavy atom. The number of hydrogen-bond donors (Lipinski definition) is 1. The number of amides is 1. The van der Waals surface area contributed by atoms with Crippen molar-refractivity contribution in [2.45, 2.75) is 59.8 Å². The van der Waals surface area contributed by atoms with Crippen LogP contribution in [0.25, 0.3) is 5.69 Å². The van der Waals surface area contributed by atoms with Crippen LogP contribution in [0.4, 0.5) is 4.79 Å². The molecule has 1 unspecified atom stereocenters. The van der Waals surface area contributed by atoms with Gasteiger partial charge in [0.1, 0.15) is 18.2 Å². The molecule has 7 heteroatoms. The highest BCUT2D eigenvalue weighted by Crippen LogP contribution is 2.14. The lowest BCUT2D eigenvalue weighted by molar-refractivity contribution is -0.147. The molecule has 0 saturated heterocycles. The van der Waals surface area contributed by atoms with E-state index in [2.05, 4.69) is 10.4 Å². The predicted octanol–water partition coefficient (Wildman–Crippen LogP) is 3.45. The molecule has 0 fully saturated rings. The van der Waals surface area contributed by atoms with Crippen LogP contribution in [0.5, 0.6) is 0 Å². The lowest BCUT2D eigenvalue weighted by Gasteiger charge is -2.21. The minimum absolute atomic E-state index is 0.122. The second-order valence-corrected chi connectivity index (χ2v) is 7.48. The largest absolute Gasteiger partial charge is 0.459 e. The molecule has 0 aliphatic heterocycles. The van der Waals surface area contributed by atoms with E-state index in [9.17, 15) is 9.59 Å². The van der Waals surface area contributed by atoms with Crippen LogP contribution in [-0.4, -0.2) is 33.5 Å². The summed E-state index contributed by atoms with van der Waals surface area (Å²) in [7, 11) is 0. The van der Waals surface area contributed by atoms with Gasteiger partial charge in [-0.1, -0.05) is 12.1 Å². The summed E-state index contributed by atoms with van der Waals surface area (Å²) in [5.41, 5.74) is 3.17. The number of carbonyl (C=O) groups excluding carboxylic acids is 2. The fourth-order valence-electron chi connectivity index (χ4n) is 2.45. The SMILES string of the molecule is Cc1cc(C)n(-c2ccc(COC(=O)C(C)NC(=O)OC(C)(C)C)cc2)n1. The molecule has 146 valence electrons. The van der Waals surface area contributed by atoms with Crippen molar-refractivity contribution < 1.29 is 19.1 Å². The van der Waals surface area contributed by atoms with Crippen LogP contribution in [0.3, 0.4) is 0 Å². The number of carbonyl (C=O) groups is 2. The molecule has 1 amide bonds. The number of rotatable bonds is 5. The van der Waals surface area contributed by atoms with Crippen molar-refractivity contribution >= 4 is 12.1 Å². The predicted molar refractivity (Wildman–Crippen MR) is 102 cm³/mol. The first kappa shape index (κ1) is 20.5. The van der Waals surface area contributed by atoms with Gasteiger partial charge in [0.25, 0.3) is 0 Å². The van der Waals surface area contributed by atoms with Gasteiger partial charge in [-0.3, -0.25) is 0 Å². The fourth-order valence-corrected chi connectivity index (χ4v) is 2.45. The van der Waals surface area contributed by atoms with Gasteiger partial charge in [0.15, 0.2) is 0 Å². The highest BCUT2D eigenvalue weighted by atomic mass is 16.6. The molecule has 0 aliphatic rings. The van der Waals surface area contributed by atoms with Crippen LogP contribution in [0.1, 0.15) is 44.6 Å². The number of esters is 1. The molecule has 2 aromatic rings. The molecule has 27 heavy (non-hydrogen) atoms. The van der Waals surface area contributed by atoms with Crippen LogP contribution in [0.2, 0.25) is 0 Å². The lowest BCUT2D eigenvalue weighted by atomic mass is 10.2. The van der Waals surface area contributed by atoms with Gasteiger partial charge < -0.3 is 14.8 Å². The number of nitrogens with one attached hydrogen (secondary N) is 1. The number of aromatic nitrogens is 2. The molecule has 1 atom stereocenters. The van der Waals surface area contributed by atoms with Gasteiger partial charge in [-0.25, -0.2) is 14.3 Å². The van der Waals surface area contributed by atoms with Crippen molar-refractivity contribution in [2.75, 3.05) is 0 Å². The van der Waals surface area contributed by atoms with E-state index in [1.807, 2.05) is 48.9 Å². The Kier molecular flexibility index (Phi) is 6.25. The summed E-state index contributed by atoms with van der Waals surface area (Å²) in [6.07, 6.45) is -0.652. The smallest absolute Gasteiger partial charge is 0.408 e. The molecule has 1 N–H and O–H groups in total. The van der Waals surface area contributed by atoms with Gasteiger partial charge in [0.05, 0.1) is 11.4 Å². The molecule has 0 spiro atoms. The molecule has 1 aromatic heterocycles. The van der Waals surface area contributed by atoms with E-state index in [0.29, 0.717) is 0 Å². The zero-order valence-corrected chi connectivity index (χ0v) is 16.7. The third-order valence-electron chi connectivity index (χ3n) is 3.66. The second kappa shape index (κ2) is 8.24. The molecular formula is C20H27N3O4. The van der Waals surface area contributed by atoms with Crippen molar-refractivity contribution in [1.29, 1.82) is 0 Å². The Morgan fingerprint density at radius 1 is 1.19 bits per heavy atom. The normalized spacial score (nSPS) is 12.4. The Balaban J connectivity index is 1.88. The Morgan fingerprint density at radius 2 is 1.81 bits per heavy atom. The third kappa shape index (κ3) is 6.13. The first-order valence-corrected chi connectivity index (χ1v) is 8.84. The van der Waals surface area contributed by atoms with Gasteiger partial charge in [-0.15, -0.1) is 0 Å². The van der Waals surface area contributed by atoms with Crippen molar-refractivity contribution in [3.05, 3.63) is 47.3 Å². The van der Waals surface area contributed by atoms with E-state index in [1.165, 1.54) is 0 Å². The standard InChI is InChI=1S/C20H27N3O4/c1-13-11-14(2)23(22-13)17-9-7-16(8-10-17)12-26-18(24)15(3)21-19(25)27-20(4,5)6/h7-11,15H,12H2,1-6H3,(H,21,25). The molecule has 7 nitrogen and oxygen atoms in total. The van der Waals surface area contributed by atoms with Gasteiger partial charge in [-0.05, 0) is 65.3 Å². The zero-order valence-electron chi connectivity index (χ0n) is 16.7. The second-order valence-electron chi connectivity index (χ2n) is 7.48. The Labute approximate surface area is 159 Å². The third-order valence-corrected chi connectivity index (χ3v) is 3.66. The molecule has 1 aromatic carbocycles. The first-order chi connectivity index (χ1) is 12.5. The van der Waals surface area contributed by atoms with Gasteiger partial charge in [0.2, 0.25) is 0 Å². The average Bonchev–Trinajstić information content (AvgIpc) is 2.89. The molecular weight excluding hydrogens is 346 g/mol. The fraction of sp³-hybridized carbons (Fsp3) is 0.450. The van der Waals surface area contributed by atoms with Crippen molar-refractivity contribution in [1.82, 2.24) is 15.1 Å². The van der Waals surface area contributed by atoms with Crippen molar-refractivity contribution in [3.8, 4) is 5.69 Å². The summed E-state index contributed by atoms with van der Waals surface area (Å²) in [4.78, 5) is 23.7. The number of ether oxygens (including phenoxy) is 2. The van der Waals surface area contributed by atoms with Crippen LogP contribution in [-0.2, 0) is 20.9 Å². The molecule has 0 saturated carbocycles. The number of aryl methyl sites for hydroxylation is 2. The van der Waals surface area contributed by atoms with E-state index >= 15 is 0 Å². The Hall–Kier alpha value is -2.83. The summed E-state index contributed by atoms with van der Waals surface area (Å²) in [5, 5.41) is 6.90. The van der Waals surface area contributed by atoms with E-state index in [1.54, 1.807) is 27.7 Å². The molecule has 0 bridgehead atoms. The quantitative estimate of drug-likeness (QED) is 0.812. The van der Waals surface area contributed by atoms with E-state index in [0.717, 1.165) is 22.6 Å². The monoisotopic (exact) mass is 373 g/mol. The van der Waals surface area contributed by atoms with Gasteiger partial charge in [0, 0.05) is 5.69 Å². The van der Waals surface area contributed by atoms with Crippen LogP contribution in [0.15, 0.2) is 30.3 Å². The minimum Gasteiger partial charge on any atom is -0.459 e. The maximum atomic E-state index is 12.0. The lowest BCUT2D eigenvalue weighted by Crippen LogP contribution is -2.42. The van der Waals surface area contributed by atoms with Crippen molar-refractivity contribution in [3.63, 3.8) is 0 Å². The zero-order chi connectivity index (χ0) is 20.2. The Bertz CT molecular complexity index is 804. The molecule has 0 radical (unpaired) electrons.